The molecule has 0 saturated heterocycles. The highest BCUT2D eigenvalue weighted by Gasteiger charge is 2.36. The number of carbonyl (C=O) groups excluding carboxylic acids is 1. The third-order valence-corrected chi connectivity index (χ3v) is 3.98. The molecular formula is C14H8BrF3N4O. The van der Waals surface area contributed by atoms with Gasteiger partial charge in [-0.1, -0.05) is 6.07 Å². The second-order valence-corrected chi connectivity index (χ2v) is 5.41. The quantitative estimate of drug-likeness (QED) is 0.736. The molecule has 0 aromatic carbocycles. The Kier molecular flexibility index (Phi) is 3.59. The first kappa shape index (κ1) is 15.5. The van der Waals surface area contributed by atoms with Crippen molar-refractivity contribution in [3.8, 4) is 11.3 Å². The number of primary amides is 1. The zero-order valence-corrected chi connectivity index (χ0v) is 12.9. The first-order chi connectivity index (χ1) is 10.8. The lowest BCUT2D eigenvalue weighted by atomic mass is 10.1. The van der Waals surface area contributed by atoms with Crippen molar-refractivity contribution in [3.05, 3.63) is 52.5 Å². The Hall–Kier alpha value is -2.42. The van der Waals surface area contributed by atoms with E-state index >= 15 is 0 Å². The summed E-state index contributed by atoms with van der Waals surface area (Å²) < 4.78 is 40.1. The fraction of sp³-hybridized carbons (Fsp3) is 0.0714. The molecule has 5 nitrogen and oxygen atoms in total. The van der Waals surface area contributed by atoms with Crippen molar-refractivity contribution in [2.75, 3.05) is 0 Å². The van der Waals surface area contributed by atoms with E-state index in [9.17, 15) is 18.0 Å². The van der Waals surface area contributed by atoms with Gasteiger partial charge in [0.1, 0.15) is 17.0 Å². The molecule has 9 heteroatoms. The van der Waals surface area contributed by atoms with Gasteiger partial charge in [-0.25, -0.2) is 4.98 Å². The van der Waals surface area contributed by atoms with Gasteiger partial charge in [-0.05, 0) is 34.1 Å². The molecule has 118 valence electrons. The first-order valence-electron chi connectivity index (χ1n) is 6.29. The second kappa shape index (κ2) is 5.34. The van der Waals surface area contributed by atoms with E-state index in [-0.39, 0.29) is 21.4 Å². The van der Waals surface area contributed by atoms with Crippen molar-refractivity contribution < 1.29 is 18.0 Å². The largest absolute Gasteiger partial charge is 0.434 e. The number of aromatic nitrogens is 3. The predicted molar refractivity (Wildman–Crippen MR) is 79.6 cm³/mol. The van der Waals surface area contributed by atoms with E-state index in [1.54, 1.807) is 24.4 Å². The lowest BCUT2D eigenvalue weighted by Crippen LogP contribution is -2.15. The Balaban J connectivity index is 2.34. The second-order valence-electron chi connectivity index (χ2n) is 4.62. The van der Waals surface area contributed by atoms with Crippen LogP contribution in [0.5, 0.6) is 0 Å². The standard InChI is InChI=1S/C14H8BrF3N4O/c15-9-7(4-5-20-12(9)14(16,17)18)10-11(13(19)23)22-6-2-1-3-8(22)21-10/h1-6H,(H2,19,23). The number of nitrogens with two attached hydrogens (primary N) is 1. The van der Waals surface area contributed by atoms with Crippen LogP contribution in [-0.4, -0.2) is 20.3 Å². The Morgan fingerprint density at radius 3 is 2.65 bits per heavy atom. The third kappa shape index (κ3) is 2.56. The molecule has 1 amide bonds. The average Bonchev–Trinajstić information content (AvgIpc) is 2.85. The van der Waals surface area contributed by atoms with Gasteiger partial charge in [0.25, 0.3) is 5.91 Å². The minimum Gasteiger partial charge on any atom is -0.364 e. The minimum absolute atomic E-state index is 0.000578. The van der Waals surface area contributed by atoms with E-state index in [1.165, 1.54) is 10.5 Å². The van der Waals surface area contributed by atoms with Gasteiger partial charge >= 0.3 is 6.18 Å². The molecule has 0 aliphatic rings. The summed E-state index contributed by atoms with van der Waals surface area (Å²) in [7, 11) is 0. The summed E-state index contributed by atoms with van der Waals surface area (Å²) >= 11 is 2.91. The number of imidazole rings is 1. The fourth-order valence-electron chi connectivity index (χ4n) is 2.24. The highest BCUT2D eigenvalue weighted by molar-refractivity contribution is 9.10. The molecule has 0 unspecified atom stereocenters. The Bertz CT molecular complexity index is 920. The summed E-state index contributed by atoms with van der Waals surface area (Å²) in [5.74, 6) is -0.795. The van der Waals surface area contributed by atoms with E-state index in [0.717, 1.165) is 6.20 Å². The summed E-state index contributed by atoms with van der Waals surface area (Å²) in [5.41, 5.74) is 4.83. The van der Waals surface area contributed by atoms with Crippen molar-refractivity contribution in [1.82, 2.24) is 14.4 Å². The van der Waals surface area contributed by atoms with Crippen LogP contribution in [0.25, 0.3) is 16.9 Å². The van der Waals surface area contributed by atoms with Gasteiger partial charge in [0.2, 0.25) is 0 Å². The van der Waals surface area contributed by atoms with Gasteiger partial charge in [0, 0.05) is 18.0 Å². The molecule has 0 saturated carbocycles. The highest BCUT2D eigenvalue weighted by Crippen LogP contribution is 2.39. The summed E-state index contributed by atoms with van der Waals surface area (Å²) in [5, 5.41) is 0. The molecule has 0 fully saturated rings. The molecule has 0 aliphatic carbocycles. The predicted octanol–water partition coefficient (Wildman–Crippen LogP) is 3.28. The number of hydrogen-bond acceptors (Lipinski definition) is 3. The number of alkyl halides is 3. The minimum atomic E-state index is -4.64. The molecule has 0 radical (unpaired) electrons. The smallest absolute Gasteiger partial charge is 0.364 e. The molecule has 0 spiro atoms. The lowest BCUT2D eigenvalue weighted by molar-refractivity contribution is -0.141. The van der Waals surface area contributed by atoms with E-state index in [0.29, 0.717) is 5.65 Å². The van der Waals surface area contributed by atoms with Crippen LogP contribution in [0.1, 0.15) is 16.2 Å². The number of hydrogen-bond donors (Lipinski definition) is 1. The zero-order valence-electron chi connectivity index (χ0n) is 11.3. The van der Waals surface area contributed by atoms with Crippen LogP contribution in [0.4, 0.5) is 13.2 Å². The summed E-state index contributed by atoms with van der Waals surface area (Å²) in [4.78, 5) is 19.3. The number of fused-ring (bicyclic) bond motifs is 1. The average molecular weight is 385 g/mol. The molecule has 3 aromatic heterocycles. The highest BCUT2D eigenvalue weighted by atomic mass is 79.9. The number of amides is 1. The maximum Gasteiger partial charge on any atom is 0.434 e. The Morgan fingerprint density at radius 2 is 2.00 bits per heavy atom. The van der Waals surface area contributed by atoms with Gasteiger partial charge in [-0.15, -0.1) is 0 Å². The van der Waals surface area contributed by atoms with Crippen LogP contribution >= 0.6 is 15.9 Å². The number of nitrogens with zero attached hydrogens (tertiary/aromatic N) is 3. The Labute approximate surface area is 136 Å². The van der Waals surface area contributed by atoms with E-state index in [4.69, 9.17) is 5.73 Å². The molecular weight excluding hydrogens is 377 g/mol. The van der Waals surface area contributed by atoms with E-state index < -0.39 is 17.8 Å². The molecule has 0 atom stereocenters. The van der Waals surface area contributed by atoms with Crippen LogP contribution in [0.2, 0.25) is 0 Å². The van der Waals surface area contributed by atoms with Gasteiger partial charge in [0.05, 0.1) is 4.47 Å². The maximum atomic E-state index is 13.0. The normalized spacial score (nSPS) is 11.8. The number of rotatable bonds is 2. The summed E-state index contributed by atoms with van der Waals surface area (Å²) in [6.45, 7) is 0. The SMILES string of the molecule is NC(=O)c1c(-c2ccnc(C(F)(F)F)c2Br)nc2ccccn12. The molecule has 0 bridgehead atoms. The van der Waals surface area contributed by atoms with Crippen LogP contribution in [0.15, 0.2) is 41.1 Å². The summed E-state index contributed by atoms with van der Waals surface area (Å²) in [6.07, 6.45) is -2.07. The molecule has 0 aliphatic heterocycles. The number of halogens is 4. The fourth-order valence-corrected chi connectivity index (χ4v) is 2.89. The Morgan fingerprint density at radius 1 is 1.26 bits per heavy atom. The summed E-state index contributed by atoms with van der Waals surface area (Å²) in [6, 6.07) is 6.32. The van der Waals surface area contributed by atoms with E-state index in [2.05, 4.69) is 25.9 Å². The van der Waals surface area contributed by atoms with Crippen molar-refractivity contribution in [2.24, 2.45) is 5.73 Å². The zero-order chi connectivity index (χ0) is 16.8. The van der Waals surface area contributed by atoms with Gasteiger partial charge in [-0.3, -0.25) is 14.2 Å². The number of pyridine rings is 2. The molecule has 2 N–H and O–H groups in total. The van der Waals surface area contributed by atoms with Crippen LogP contribution in [-0.2, 0) is 6.18 Å². The lowest BCUT2D eigenvalue weighted by Gasteiger charge is -2.11. The van der Waals surface area contributed by atoms with Crippen molar-refractivity contribution in [2.45, 2.75) is 6.18 Å². The van der Waals surface area contributed by atoms with Crippen molar-refractivity contribution in [3.63, 3.8) is 0 Å². The van der Waals surface area contributed by atoms with E-state index in [1.807, 2.05) is 0 Å². The van der Waals surface area contributed by atoms with Gasteiger partial charge in [0.15, 0.2) is 5.69 Å². The van der Waals surface area contributed by atoms with Crippen LogP contribution in [0, 0.1) is 0 Å². The first-order valence-corrected chi connectivity index (χ1v) is 7.09. The van der Waals surface area contributed by atoms with Gasteiger partial charge < -0.3 is 5.73 Å². The number of carbonyl (C=O) groups is 1. The molecule has 3 heterocycles. The molecule has 23 heavy (non-hydrogen) atoms. The maximum absolute atomic E-state index is 13.0. The van der Waals surface area contributed by atoms with Crippen molar-refractivity contribution in [1.29, 1.82) is 0 Å². The topological polar surface area (TPSA) is 73.3 Å². The molecule has 3 aromatic rings. The van der Waals surface area contributed by atoms with Gasteiger partial charge in [-0.2, -0.15) is 13.2 Å². The third-order valence-electron chi connectivity index (χ3n) is 3.18. The monoisotopic (exact) mass is 384 g/mol. The van der Waals surface area contributed by atoms with Crippen LogP contribution in [0.3, 0.4) is 0 Å². The van der Waals surface area contributed by atoms with Crippen LogP contribution < -0.4 is 5.73 Å². The van der Waals surface area contributed by atoms with Crippen molar-refractivity contribution >= 4 is 27.5 Å². The molecule has 3 rings (SSSR count).